The second-order valence-electron chi connectivity index (χ2n) is 7.92. The van der Waals surface area contributed by atoms with Gasteiger partial charge in [-0.05, 0) is 42.3 Å². The van der Waals surface area contributed by atoms with Gasteiger partial charge in [0.15, 0.2) is 18.1 Å². The van der Waals surface area contributed by atoms with Crippen LogP contribution in [0.4, 0.5) is 0 Å². The molecule has 1 aromatic heterocycles. The van der Waals surface area contributed by atoms with Crippen molar-refractivity contribution in [2.45, 2.75) is 13.8 Å². The minimum atomic E-state index is -0.620. The van der Waals surface area contributed by atoms with Crippen LogP contribution in [0.3, 0.4) is 0 Å². The molecule has 3 aromatic rings. The van der Waals surface area contributed by atoms with Crippen molar-refractivity contribution in [3.05, 3.63) is 66.4 Å². The number of aromatic nitrogens is 2. The van der Waals surface area contributed by atoms with Crippen LogP contribution in [-0.2, 0) is 14.3 Å². The molecule has 178 valence electrons. The summed E-state index contributed by atoms with van der Waals surface area (Å²) in [7, 11) is 3.14. The molecule has 0 bridgehead atoms. The Balaban J connectivity index is 1.85. The summed E-state index contributed by atoms with van der Waals surface area (Å²) in [6.07, 6.45) is 4.72. The SMILES string of the molecule is COc1ccc(-c2nn(-c3ccccc3)cc2/C=C/C(=O)OCC(=O)NCC(C)C)cc1OC. The molecule has 0 spiro atoms. The van der Waals surface area contributed by atoms with E-state index in [0.717, 1.165) is 11.3 Å². The number of carbonyl (C=O) groups is 2. The van der Waals surface area contributed by atoms with Gasteiger partial charge >= 0.3 is 5.97 Å². The van der Waals surface area contributed by atoms with Crippen molar-refractivity contribution in [2.24, 2.45) is 5.92 Å². The Hall–Kier alpha value is -4.07. The molecular weight excluding hydrogens is 434 g/mol. The number of hydrogen-bond acceptors (Lipinski definition) is 6. The molecule has 0 aliphatic carbocycles. The molecule has 1 N–H and O–H groups in total. The highest BCUT2D eigenvalue weighted by molar-refractivity contribution is 5.90. The van der Waals surface area contributed by atoms with Crippen LogP contribution < -0.4 is 14.8 Å². The third-order valence-electron chi connectivity index (χ3n) is 4.87. The first kappa shape index (κ1) is 24.6. The van der Waals surface area contributed by atoms with Gasteiger partial charge in [-0.1, -0.05) is 32.0 Å². The van der Waals surface area contributed by atoms with Gasteiger partial charge in [0.05, 0.1) is 19.9 Å². The van der Waals surface area contributed by atoms with Crippen molar-refractivity contribution >= 4 is 18.0 Å². The Bertz CT molecular complexity index is 1150. The number of methoxy groups -OCH3 is 2. The van der Waals surface area contributed by atoms with Crippen LogP contribution in [0.15, 0.2) is 60.8 Å². The number of hydrogen-bond donors (Lipinski definition) is 1. The number of benzene rings is 2. The molecule has 0 aliphatic heterocycles. The third-order valence-corrected chi connectivity index (χ3v) is 4.87. The number of para-hydroxylation sites is 1. The van der Waals surface area contributed by atoms with Crippen LogP contribution in [0, 0.1) is 5.92 Å². The highest BCUT2D eigenvalue weighted by atomic mass is 16.5. The average Bonchev–Trinajstić information content (AvgIpc) is 3.29. The smallest absolute Gasteiger partial charge is 0.331 e. The molecule has 0 fully saturated rings. The number of nitrogens with zero attached hydrogens (tertiary/aromatic N) is 2. The summed E-state index contributed by atoms with van der Waals surface area (Å²) in [6, 6.07) is 15.1. The highest BCUT2D eigenvalue weighted by Crippen LogP contribution is 2.33. The van der Waals surface area contributed by atoms with E-state index >= 15 is 0 Å². The van der Waals surface area contributed by atoms with Crippen molar-refractivity contribution < 1.29 is 23.8 Å². The molecule has 34 heavy (non-hydrogen) atoms. The van der Waals surface area contributed by atoms with Crippen molar-refractivity contribution in [3.8, 4) is 28.4 Å². The number of rotatable bonds is 10. The lowest BCUT2D eigenvalue weighted by Gasteiger charge is -2.09. The van der Waals surface area contributed by atoms with Gasteiger partial charge in [-0.15, -0.1) is 0 Å². The molecule has 3 rings (SSSR count). The van der Waals surface area contributed by atoms with Crippen LogP contribution in [0.1, 0.15) is 19.4 Å². The maximum absolute atomic E-state index is 12.2. The molecule has 1 heterocycles. The van der Waals surface area contributed by atoms with Gasteiger partial charge in [-0.25, -0.2) is 9.48 Å². The molecule has 0 aliphatic rings. The molecular formula is C26H29N3O5. The maximum Gasteiger partial charge on any atom is 0.331 e. The Kier molecular flexibility index (Phi) is 8.45. The number of nitrogens with one attached hydrogen (secondary N) is 1. The van der Waals surface area contributed by atoms with E-state index in [1.165, 1.54) is 6.08 Å². The topological polar surface area (TPSA) is 91.7 Å². The predicted octanol–water partition coefficient (Wildman–Crippen LogP) is 3.89. The van der Waals surface area contributed by atoms with E-state index in [1.807, 2.05) is 62.5 Å². The lowest BCUT2D eigenvalue weighted by atomic mass is 10.1. The average molecular weight is 464 g/mol. The normalized spacial score (nSPS) is 11.0. The maximum atomic E-state index is 12.2. The van der Waals surface area contributed by atoms with E-state index < -0.39 is 5.97 Å². The lowest BCUT2D eigenvalue weighted by molar-refractivity contribution is -0.143. The zero-order chi connectivity index (χ0) is 24.5. The summed E-state index contributed by atoms with van der Waals surface area (Å²) in [5, 5.41) is 7.44. The summed E-state index contributed by atoms with van der Waals surface area (Å²) >= 11 is 0. The lowest BCUT2D eigenvalue weighted by Crippen LogP contribution is -2.31. The number of carbonyl (C=O) groups excluding carboxylic acids is 2. The quantitative estimate of drug-likeness (QED) is 0.362. The van der Waals surface area contributed by atoms with Gasteiger partial charge in [-0.3, -0.25) is 4.79 Å². The fourth-order valence-corrected chi connectivity index (χ4v) is 3.14. The third kappa shape index (κ3) is 6.48. The number of amides is 1. The van der Waals surface area contributed by atoms with Gasteiger partial charge in [0.25, 0.3) is 5.91 Å². The van der Waals surface area contributed by atoms with Crippen LogP contribution >= 0.6 is 0 Å². The van der Waals surface area contributed by atoms with E-state index in [0.29, 0.717) is 35.2 Å². The van der Waals surface area contributed by atoms with E-state index in [4.69, 9.17) is 19.3 Å². The van der Waals surface area contributed by atoms with Gasteiger partial charge < -0.3 is 19.5 Å². The zero-order valence-electron chi connectivity index (χ0n) is 19.8. The van der Waals surface area contributed by atoms with Crippen LogP contribution in [0.5, 0.6) is 11.5 Å². The van der Waals surface area contributed by atoms with E-state index in [2.05, 4.69) is 5.32 Å². The number of ether oxygens (including phenoxy) is 3. The Morgan fingerprint density at radius 2 is 1.79 bits per heavy atom. The Labute approximate surface area is 199 Å². The van der Waals surface area contributed by atoms with Gasteiger partial charge in [0.2, 0.25) is 0 Å². The molecule has 2 aromatic carbocycles. The molecule has 1 amide bonds. The fraction of sp³-hybridized carbons (Fsp3) is 0.269. The van der Waals surface area contributed by atoms with Crippen molar-refractivity contribution in [2.75, 3.05) is 27.4 Å². The standard InChI is InChI=1S/C26H29N3O5/c1-18(2)15-27-24(30)17-34-25(31)13-11-20-16-29(21-8-6-5-7-9-21)28-26(20)19-10-12-22(32-3)23(14-19)33-4/h5-14,16,18H,15,17H2,1-4H3,(H,27,30)/b13-11+. The predicted molar refractivity (Wildman–Crippen MR) is 130 cm³/mol. The van der Waals surface area contributed by atoms with Crippen LogP contribution in [0.25, 0.3) is 23.0 Å². The molecule has 0 saturated carbocycles. The molecule has 0 radical (unpaired) electrons. The summed E-state index contributed by atoms with van der Waals surface area (Å²) in [6.45, 7) is 4.17. The van der Waals surface area contributed by atoms with Gasteiger partial charge in [-0.2, -0.15) is 5.10 Å². The van der Waals surface area contributed by atoms with E-state index in [9.17, 15) is 9.59 Å². The molecule has 8 nitrogen and oxygen atoms in total. The van der Waals surface area contributed by atoms with E-state index in [-0.39, 0.29) is 12.5 Å². The monoisotopic (exact) mass is 463 g/mol. The summed E-state index contributed by atoms with van der Waals surface area (Å²) in [4.78, 5) is 24.0. The van der Waals surface area contributed by atoms with Gasteiger partial charge in [0.1, 0.15) is 5.69 Å². The van der Waals surface area contributed by atoms with Crippen molar-refractivity contribution in [1.29, 1.82) is 0 Å². The molecule has 8 heteroatoms. The Morgan fingerprint density at radius 3 is 2.47 bits per heavy atom. The second kappa shape index (κ2) is 11.7. The molecule has 0 atom stereocenters. The Morgan fingerprint density at radius 1 is 1.06 bits per heavy atom. The highest BCUT2D eigenvalue weighted by Gasteiger charge is 2.14. The van der Waals surface area contributed by atoms with Crippen LogP contribution in [-0.4, -0.2) is 49.0 Å². The van der Waals surface area contributed by atoms with Gasteiger partial charge in [0, 0.05) is 29.9 Å². The second-order valence-corrected chi connectivity index (χ2v) is 7.92. The minimum Gasteiger partial charge on any atom is -0.493 e. The minimum absolute atomic E-state index is 0.315. The number of esters is 1. The first-order chi connectivity index (χ1) is 16.4. The van der Waals surface area contributed by atoms with Crippen molar-refractivity contribution in [1.82, 2.24) is 15.1 Å². The summed E-state index contributed by atoms with van der Waals surface area (Å²) in [5.41, 5.74) is 2.99. The fourth-order valence-electron chi connectivity index (χ4n) is 3.14. The van der Waals surface area contributed by atoms with E-state index in [1.54, 1.807) is 31.0 Å². The summed E-state index contributed by atoms with van der Waals surface area (Å²) in [5.74, 6) is 0.528. The first-order valence-electron chi connectivity index (χ1n) is 10.9. The zero-order valence-corrected chi connectivity index (χ0v) is 19.8. The first-order valence-corrected chi connectivity index (χ1v) is 10.9. The largest absolute Gasteiger partial charge is 0.493 e. The molecule has 0 saturated heterocycles. The van der Waals surface area contributed by atoms with Crippen LogP contribution in [0.2, 0.25) is 0 Å². The molecule has 0 unspecified atom stereocenters. The summed E-state index contributed by atoms with van der Waals surface area (Å²) < 4.78 is 17.5. The van der Waals surface area contributed by atoms with Crippen molar-refractivity contribution in [3.63, 3.8) is 0 Å².